The second-order valence-corrected chi connectivity index (χ2v) is 9.89. The van der Waals surface area contributed by atoms with Gasteiger partial charge in [0.05, 0.1) is 23.9 Å². The van der Waals surface area contributed by atoms with Crippen LogP contribution < -0.4 is 0 Å². The highest BCUT2D eigenvalue weighted by Crippen LogP contribution is 2.29. The quantitative estimate of drug-likeness (QED) is 0.390. The largest absolute Gasteiger partial charge is 0.444 e. The first-order valence-electron chi connectivity index (χ1n) is 12.1. The molecule has 2 heterocycles. The summed E-state index contributed by atoms with van der Waals surface area (Å²) in [6.07, 6.45) is 11.0. The van der Waals surface area contributed by atoms with Gasteiger partial charge in [0, 0.05) is 24.0 Å². The number of aromatic nitrogens is 1. The highest BCUT2D eigenvalue weighted by molar-refractivity contribution is 5.83. The summed E-state index contributed by atoms with van der Waals surface area (Å²) in [4.78, 5) is 14.1. The maximum absolute atomic E-state index is 12.3. The first-order chi connectivity index (χ1) is 16.8. The van der Waals surface area contributed by atoms with Gasteiger partial charge in [0.15, 0.2) is 5.58 Å². The average molecular weight is 478 g/mol. The van der Waals surface area contributed by atoms with E-state index in [1.54, 1.807) is 11.0 Å². The number of carbonyl (C=O) groups is 1. The number of likely N-dealkylation sites (tertiary alicyclic amines) is 1. The monoisotopic (exact) mass is 477 g/mol. The number of aliphatic hydroxyl groups is 1. The third-order valence-electron chi connectivity index (χ3n) is 6.23. The van der Waals surface area contributed by atoms with Crippen molar-refractivity contribution < 1.29 is 19.2 Å². The third kappa shape index (κ3) is 7.06. The fourth-order valence-corrected chi connectivity index (χ4v) is 4.28. The Hall–Kier alpha value is -3.37. The maximum atomic E-state index is 12.3. The predicted molar refractivity (Wildman–Crippen MR) is 136 cm³/mol. The minimum Gasteiger partial charge on any atom is -0.444 e. The van der Waals surface area contributed by atoms with Gasteiger partial charge in [-0.15, -0.1) is 0 Å². The highest BCUT2D eigenvalue weighted by Gasteiger charge is 2.27. The van der Waals surface area contributed by atoms with Crippen LogP contribution in [0.3, 0.4) is 0 Å². The molecule has 1 amide bonds. The molecule has 1 aromatic carbocycles. The van der Waals surface area contributed by atoms with Crippen molar-refractivity contribution in [1.29, 1.82) is 5.26 Å². The van der Waals surface area contributed by atoms with E-state index in [0.29, 0.717) is 36.6 Å². The Kier molecular flexibility index (Phi) is 8.89. The van der Waals surface area contributed by atoms with Gasteiger partial charge in [-0.3, -0.25) is 0 Å². The first kappa shape index (κ1) is 26.2. The highest BCUT2D eigenvalue weighted by atomic mass is 16.6. The van der Waals surface area contributed by atoms with Crippen LogP contribution in [-0.2, 0) is 24.2 Å². The molecule has 0 saturated carbocycles. The molecule has 2 aromatic rings. The number of carbonyl (C=O) groups excluding carboxylic acids is 1. The fraction of sp³-hybridized carbons (Fsp3) is 0.464. The van der Waals surface area contributed by atoms with Gasteiger partial charge in [0.1, 0.15) is 5.60 Å². The van der Waals surface area contributed by atoms with E-state index in [4.69, 9.17) is 14.5 Å². The summed E-state index contributed by atoms with van der Waals surface area (Å²) in [6, 6.07) is 6.07. The normalized spacial score (nSPS) is 15.5. The minimum atomic E-state index is -0.477. The molecule has 1 fully saturated rings. The molecule has 1 aliphatic rings. The van der Waals surface area contributed by atoms with E-state index in [1.807, 2.05) is 45.1 Å². The van der Waals surface area contributed by atoms with Crippen LogP contribution in [0, 0.1) is 17.2 Å². The molecular formula is C28H35N3O4. The molecule has 186 valence electrons. The van der Waals surface area contributed by atoms with Gasteiger partial charge in [0.2, 0.25) is 0 Å². The lowest BCUT2D eigenvalue weighted by molar-refractivity contribution is 0.0181. The summed E-state index contributed by atoms with van der Waals surface area (Å²) >= 11 is 0. The zero-order chi connectivity index (χ0) is 25.4. The Labute approximate surface area is 207 Å². The second kappa shape index (κ2) is 11.9. The van der Waals surface area contributed by atoms with Crippen molar-refractivity contribution in [2.24, 2.45) is 5.92 Å². The number of rotatable bonds is 8. The smallest absolute Gasteiger partial charge is 0.410 e. The Morgan fingerprint density at radius 2 is 2.11 bits per heavy atom. The number of nitrogens with zero attached hydrogens (tertiary/aromatic N) is 3. The number of hydrogen-bond donors (Lipinski definition) is 1. The number of aryl methyl sites for hydroxylation is 1. The van der Waals surface area contributed by atoms with Gasteiger partial charge in [0.25, 0.3) is 0 Å². The van der Waals surface area contributed by atoms with Crippen molar-refractivity contribution in [2.75, 3.05) is 13.1 Å². The number of allylic oxidation sites excluding steroid dienone is 5. The number of nitriles is 1. The van der Waals surface area contributed by atoms with E-state index in [1.165, 1.54) is 6.08 Å². The summed E-state index contributed by atoms with van der Waals surface area (Å²) in [5.41, 5.74) is 3.25. The number of amides is 1. The molecule has 0 bridgehead atoms. The number of aliphatic hydroxyl groups excluding tert-OH is 1. The summed E-state index contributed by atoms with van der Waals surface area (Å²) < 4.78 is 11.1. The predicted octanol–water partition coefficient (Wildman–Crippen LogP) is 5.63. The van der Waals surface area contributed by atoms with Crippen LogP contribution in [0.4, 0.5) is 4.79 Å². The molecule has 0 spiro atoms. The van der Waals surface area contributed by atoms with Gasteiger partial charge in [-0.25, -0.2) is 4.79 Å². The second-order valence-electron chi connectivity index (χ2n) is 9.89. The summed E-state index contributed by atoms with van der Waals surface area (Å²) in [7, 11) is 0. The van der Waals surface area contributed by atoms with E-state index < -0.39 is 5.60 Å². The topological polar surface area (TPSA) is 99.6 Å². The molecule has 0 unspecified atom stereocenters. The van der Waals surface area contributed by atoms with Crippen molar-refractivity contribution >= 4 is 17.1 Å². The average Bonchev–Trinajstić information content (AvgIpc) is 3.25. The van der Waals surface area contributed by atoms with Gasteiger partial charge >= 0.3 is 6.09 Å². The fourth-order valence-electron chi connectivity index (χ4n) is 4.28. The van der Waals surface area contributed by atoms with E-state index in [2.05, 4.69) is 17.8 Å². The van der Waals surface area contributed by atoms with Gasteiger partial charge in [-0.05, 0) is 76.5 Å². The molecule has 7 heteroatoms. The first-order valence-corrected chi connectivity index (χ1v) is 12.1. The molecule has 35 heavy (non-hydrogen) atoms. The van der Waals surface area contributed by atoms with Gasteiger partial charge in [-0.2, -0.15) is 5.26 Å². The van der Waals surface area contributed by atoms with Crippen molar-refractivity contribution in [3.63, 3.8) is 0 Å². The van der Waals surface area contributed by atoms with Crippen LogP contribution in [0.2, 0.25) is 0 Å². The standard InChI is InChI=1S/C28H35N3O4/c1-5-20(18-29)8-6-7-9-22-11-12-23-25(30-35-26(23)24(22)19-32)13-10-21-14-16-31(17-15-21)27(33)34-28(2,3)4/h5-8,11-12,21,32H,1,9-10,13-17,19H2,2-4H3/b7-6-,20-8+. The minimum absolute atomic E-state index is 0.135. The lowest BCUT2D eigenvalue weighted by Crippen LogP contribution is -2.41. The molecule has 3 rings (SSSR count). The van der Waals surface area contributed by atoms with Crippen molar-refractivity contribution in [1.82, 2.24) is 10.1 Å². The van der Waals surface area contributed by atoms with Crippen LogP contribution in [-0.4, -0.2) is 39.9 Å². The van der Waals surface area contributed by atoms with Crippen LogP contribution in [0.1, 0.15) is 56.9 Å². The van der Waals surface area contributed by atoms with E-state index in [0.717, 1.165) is 47.9 Å². The molecule has 1 aromatic heterocycles. The number of hydrogen-bond acceptors (Lipinski definition) is 6. The van der Waals surface area contributed by atoms with Crippen LogP contribution in [0.25, 0.3) is 11.0 Å². The van der Waals surface area contributed by atoms with Gasteiger partial charge < -0.3 is 19.3 Å². The van der Waals surface area contributed by atoms with E-state index in [-0.39, 0.29) is 12.7 Å². The zero-order valence-corrected chi connectivity index (χ0v) is 20.9. The maximum Gasteiger partial charge on any atom is 0.410 e. The SMILES string of the molecule is C=C/C(C#N)=C\C=C/Cc1ccc2c(CCC3CCN(C(=O)OC(C)(C)C)CC3)noc2c1CO. The Morgan fingerprint density at radius 1 is 1.37 bits per heavy atom. The molecule has 1 saturated heterocycles. The molecule has 1 N–H and O–H groups in total. The zero-order valence-electron chi connectivity index (χ0n) is 20.9. The Balaban J connectivity index is 1.60. The van der Waals surface area contributed by atoms with Crippen LogP contribution in [0.5, 0.6) is 0 Å². The number of benzene rings is 1. The van der Waals surface area contributed by atoms with Crippen molar-refractivity contribution in [2.45, 2.75) is 65.1 Å². The molecule has 0 aliphatic carbocycles. The number of fused-ring (bicyclic) bond motifs is 1. The lowest BCUT2D eigenvalue weighted by atomic mass is 9.91. The molecule has 1 aliphatic heterocycles. The molecule has 0 radical (unpaired) electrons. The van der Waals surface area contributed by atoms with Crippen molar-refractivity contribution in [3.8, 4) is 6.07 Å². The van der Waals surface area contributed by atoms with Crippen molar-refractivity contribution in [3.05, 3.63) is 65.4 Å². The Bertz CT molecular complexity index is 1140. The van der Waals surface area contributed by atoms with Gasteiger partial charge in [-0.1, -0.05) is 36.0 Å². The molecule has 7 nitrogen and oxygen atoms in total. The molecule has 0 atom stereocenters. The Morgan fingerprint density at radius 3 is 2.74 bits per heavy atom. The van der Waals surface area contributed by atoms with E-state index >= 15 is 0 Å². The summed E-state index contributed by atoms with van der Waals surface area (Å²) in [5, 5.41) is 24.2. The summed E-state index contributed by atoms with van der Waals surface area (Å²) in [6.45, 7) is 10.5. The lowest BCUT2D eigenvalue weighted by Gasteiger charge is -2.33. The van der Waals surface area contributed by atoms with Crippen LogP contribution in [0.15, 0.2) is 53.1 Å². The summed E-state index contributed by atoms with van der Waals surface area (Å²) in [5.74, 6) is 0.518. The molecular weight excluding hydrogens is 442 g/mol. The number of piperidine rings is 1. The van der Waals surface area contributed by atoms with Crippen LogP contribution >= 0.6 is 0 Å². The number of ether oxygens (including phenoxy) is 1. The van der Waals surface area contributed by atoms with E-state index in [9.17, 15) is 9.90 Å². The third-order valence-corrected chi connectivity index (χ3v) is 6.23.